The second-order valence-corrected chi connectivity index (χ2v) is 8.27. The molecule has 33 heavy (non-hydrogen) atoms. The van der Waals surface area contributed by atoms with Crippen LogP contribution in [0.3, 0.4) is 0 Å². The molecule has 1 heterocycles. The van der Waals surface area contributed by atoms with Crippen LogP contribution >= 0.6 is 0 Å². The van der Waals surface area contributed by atoms with Gasteiger partial charge in [0, 0.05) is 12.1 Å². The number of aryl methyl sites for hydroxylation is 1. The second-order valence-electron chi connectivity index (χ2n) is 8.27. The third-order valence-electron chi connectivity index (χ3n) is 5.32. The van der Waals surface area contributed by atoms with Crippen LogP contribution in [0.4, 0.5) is 0 Å². The predicted molar refractivity (Wildman–Crippen MR) is 130 cm³/mol. The fourth-order valence-electron chi connectivity index (χ4n) is 3.66. The SMILES string of the molecule is Cc1nc2ccccc2n(Cc2ccc(C(=O)NCc3ccc(OC(C)C)cc3)cc2)c1=O. The van der Waals surface area contributed by atoms with Crippen LogP contribution in [0.2, 0.25) is 0 Å². The number of carbonyl (C=O) groups excluding carboxylic acids is 1. The van der Waals surface area contributed by atoms with Crippen LogP contribution in [0.15, 0.2) is 77.6 Å². The van der Waals surface area contributed by atoms with E-state index in [1.807, 2.05) is 74.5 Å². The molecule has 0 bridgehead atoms. The van der Waals surface area contributed by atoms with Gasteiger partial charge in [0.2, 0.25) is 0 Å². The van der Waals surface area contributed by atoms with E-state index in [9.17, 15) is 9.59 Å². The second kappa shape index (κ2) is 9.69. The largest absolute Gasteiger partial charge is 0.491 e. The standard InChI is InChI=1S/C27H27N3O3/c1-18(2)33-23-14-10-20(11-15-23)16-28-26(31)22-12-8-21(9-13-22)17-30-25-7-5-4-6-24(25)29-19(3)27(30)32/h4-15,18H,16-17H2,1-3H3,(H,28,31). The molecule has 4 aromatic rings. The average molecular weight is 442 g/mol. The Kier molecular flexibility index (Phi) is 6.54. The van der Waals surface area contributed by atoms with Gasteiger partial charge < -0.3 is 14.6 Å². The first kappa shape index (κ1) is 22.3. The van der Waals surface area contributed by atoms with Crippen LogP contribution in [0.1, 0.15) is 41.0 Å². The van der Waals surface area contributed by atoms with Crippen molar-refractivity contribution in [2.45, 2.75) is 40.0 Å². The maximum atomic E-state index is 12.7. The van der Waals surface area contributed by atoms with E-state index in [0.29, 0.717) is 24.3 Å². The summed E-state index contributed by atoms with van der Waals surface area (Å²) in [6.45, 7) is 6.54. The summed E-state index contributed by atoms with van der Waals surface area (Å²) in [4.78, 5) is 29.6. The van der Waals surface area contributed by atoms with Gasteiger partial charge in [-0.1, -0.05) is 36.4 Å². The third kappa shape index (κ3) is 5.29. The molecule has 0 spiro atoms. The van der Waals surface area contributed by atoms with Crippen LogP contribution in [0.5, 0.6) is 5.75 Å². The van der Waals surface area contributed by atoms with E-state index >= 15 is 0 Å². The van der Waals surface area contributed by atoms with E-state index in [-0.39, 0.29) is 17.6 Å². The molecular weight excluding hydrogens is 414 g/mol. The molecule has 4 rings (SSSR count). The van der Waals surface area contributed by atoms with Gasteiger partial charge in [-0.2, -0.15) is 0 Å². The third-order valence-corrected chi connectivity index (χ3v) is 5.32. The van der Waals surface area contributed by atoms with E-state index in [1.54, 1.807) is 23.6 Å². The highest BCUT2D eigenvalue weighted by molar-refractivity contribution is 5.94. The number of nitrogens with zero attached hydrogens (tertiary/aromatic N) is 2. The Balaban J connectivity index is 1.42. The topological polar surface area (TPSA) is 73.2 Å². The normalized spacial score (nSPS) is 11.0. The van der Waals surface area contributed by atoms with Crippen molar-refractivity contribution in [3.63, 3.8) is 0 Å². The van der Waals surface area contributed by atoms with Crippen LogP contribution in [-0.2, 0) is 13.1 Å². The zero-order valence-electron chi connectivity index (χ0n) is 19.0. The minimum Gasteiger partial charge on any atom is -0.491 e. The number of fused-ring (bicyclic) bond motifs is 1. The van der Waals surface area contributed by atoms with Gasteiger partial charge in [0.1, 0.15) is 11.4 Å². The molecule has 0 radical (unpaired) electrons. The molecule has 0 saturated heterocycles. The summed E-state index contributed by atoms with van der Waals surface area (Å²) in [5.41, 5.74) is 4.44. The smallest absolute Gasteiger partial charge is 0.272 e. The van der Waals surface area contributed by atoms with Crippen molar-refractivity contribution in [1.29, 1.82) is 0 Å². The zero-order chi connectivity index (χ0) is 23.4. The van der Waals surface area contributed by atoms with E-state index in [0.717, 1.165) is 27.9 Å². The summed E-state index contributed by atoms with van der Waals surface area (Å²) in [5, 5.41) is 2.94. The summed E-state index contributed by atoms with van der Waals surface area (Å²) in [7, 11) is 0. The van der Waals surface area contributed by atoms with E-state index in [2.05, 4.69) is 10.3 Å². The Morgan fingerprint density at radius 2 is 1.64 bits per heavy atom. The quantitative estimate of drug-likeness (QED) is 0.459. The highest BCUT2D eigenvalue weighted by Gasteiger charge is 2.10. The molecule has 3 aromatic carbocycles. The maximum absolute atomic E-state index is 12.7. The van der Waals surface area contributed by atoms with Gasteiger partial charge in [-0.15, -0.1) is 0 Å². The number of carbonyl (C=O) groups is 1. The molecule has 1 N–H and O–H groups in total. The van der Waals surface area contributed by atoms with Gasteiger partial charge in [-0.25, -0.2) is 4.98 Å². The van der Waals surface area contributed by atoms with Crippen molar-refractivity contribution in [3.05, 3.63) is 106 Å². The highest BCUT2D eigenvalue weighted by Crippen LogP contribution is 2.15. The Bertz CT molecular complexity index is 1320. The lowest BCUT2D eigenvalue weighted by atomic mass is 10.1. The highest BCUT2D eigenvalue weighted by atomic mass is 16.5. The lowest BCUT2D eigenvalue weighted by Crippen LogP contribution is -2.25. The minimum atomic E-state index is -0.147. The molecule has 0 aliphatic heterocycles. The monoisotopic (exact) mass is 441 g/mol. The summed E-state index contributed by atoms with van der Waals surface area (Å²) in [5.74, 6) is 0.665. The number of rotatable bonds is 7. The van der Waals surface area contributed by atoms with E-state index in [4.69, 9.17) is 4.74 Å². The number of benzene rings is 3. The maximum Gasteiger partial charge on any atom is 0.272 e. The van der Waals surface area contributed by atoms with Crippen molar-refractivity contribution in [1.82, 2.24) is 14.9 Å². The summed E-state index contributed by atoms with van der Waals surface area (Å²) in [6.07, 6.45) is 0.124. The Labute approximate surface area is 192 Å². The Hall–Kier alpha value is -3.93. The molecule has 0 saturated carbocycles. The van der Waals surface area contributed by atoms with Crippen LogP contribution < -0.4 is 15.6 Å². The molecule has 168 valence electrons. The van der Waals surface area contributed by atoms with Crippen LogP contribution in [0, 0.1) is 6.92 Å². The number of para-hydroxylation sites is 2. The van der Waals surface area contributed by atoms with E-state index < -0.39 is 0 Å². The van der Waals surface area contributed by atoms with Gasteiger partial charge in [-0.3, -0.25) is 9.59 Å². The van der Waals surface area contributed by atoms with Gasteiger partial charge in [-0.05, 0) is 68.3 Å². The summed E-state index contributed by atoms with van der Waals surface area (Å²) in [6, 6.07) is 22.6. The molecule has 0 aliphatic carbocycles. The molecule has 6 nitrogen and oxygen atoms in total. The molecule has 1 aromatic heterocycles. The zero-order valence-corrected chi connectivity index (χ0v) is 19.0. The number of aromatic nitrogens is 2. The number of ether oxygens (including phenoxy) is 1. The van der Waals surface area contributed by atoms with Crippen LogP contribution in [-0.4, -0.2) is 21.6 Å². The van der Waals surface area contributed by atoms with Gasteiger partial charge in [0.25, 0.3) is 11.5 Å². The minimum absolute atomic E-state index is 0.111. The van der Waals surface area contributed by atoms with Crippen molar-refractivity contribution in [3.8, 4) is 5.75 Å². The van der Waals surface area contributed by atoms with Crippen molar-refractivity contribution in [2.24, 2.45) is 0 Å². The van der Waals surface area contributed by atoms with Gasteiger partial charge in [0.15, 0.2) is 0 Å². The van der Waals surface area contributed by atoms with Crippen molar-refractivity contribution in [2.75, 3.05) is 0 Å². The molecule has 0 aliphatic rings. The number of amides is 1. The fourth-order valence-corrected chi connectivity index (χ4v) is 3.66. The van der Waals surface area contributed by atoms with Crippen LogP contribution in [0.25, 0.3) is 11.0 Å². The lowest BCUT2D eigenvalue weighted by molar-refractivity contribution is 0.0951. The predicted octanol–water partition coefficient (Wildman–Crippen LogP) is 4.47. The molecule has 0 fully saturated rings. The Morgan fingerprint density at radius 1 is 0.970 bits per heavy atom. The van der Waals surface area contributed by atoms with E-state index in [1.165, 1.54) is 0 Å². The average Bonchev–Trinajstić information content (AvgIpc) is 2.81. The first-order valence-corrected chi connectivity index (χ1v) is 11.0. The number of hydrogen-bond acceptors (Lipinski definition) is 4. The first-order valence-electron chi connectivity index (χ1n) is 11.0. The summed E-state index contributed by atoms with van der Waals surface area (Å²) < 4.78 is 7.36. The molecule has 1 amide bonds. The first-order chi connectivity index (χ1) is 15.9. The molecule has 0 atom stereocenters. The summed E-state index contributed by atoms with van der Waals surface area (Å²) >= 11 is 0. The van der Waals surface area contributed by atoms with Gasteiger partial charge >= 0.3 is 0 Å². The Morgan fingerprint density at radius 3 is 2.33 bits per heavy atom. The lowest BCUT2D eigenvalue weighted by Gasteiger charge is -2.12. The molecule has 0 unspecified atom stereocenters. The molecular formula is C27H27N3O3. The van der Waals surface area contributed by atoms with Crippen molar-refractivity contribution < 1.29 is 9.53 Å². The molecule has 6 heteroatoms. The van der Waals surface area contributed by atoms with Gasteiger partial charge in [0.05, 0.1) is 23.7 Å². The number of hydrogen-bond donors (Lipinski definition) is 1. The fraction of sp³-hybridized carbons (Fsp3) is 0.222. The number of nitrogens with one attached hydrogen (secondary N) is 1. The van der Waals surface area contributed by atoms with Crippen molar-refractivity contribution >= 4 is 16.9 Å².